The molecule has 1 fully saturated rings. The molecule has 0 aromatic heterocycles. The van der Waals surface area contributed by atoms with Gasteiger partial charge in [-0.1, -0.05) is 36.7 Å². The number of hydrazine groups is 1. The quantitative estimate of drug-likeness (QED) is 0.447. The summed E-state index contributed by atoms with van der Waals surface area (Å²) in [5.74, 6) is 5.92. The molecule has 1 aliphatic heterocycles. The van der Waals surface area contributed by atoms with Crippen LogP contribution in [-0.2, 0) is 9.59 Å². The first kappa shape index (κ1) is 29.6. The van der Waals surface area contributed by atoms with Crippen molar-refractivity contribution >= 4 is 33.9 Å². The van der Waals surface area contributed by atoms with Gasteiger partial charge in [0.1, 0.15) is 0 Å². The van der Waals surface area contributed by atoms with Gasteiger partial charge in [-0.3, -0.25) is 14.6 Å². The van der Waals surface area contributed by atoms with E-state index in [-0.39, 0.29) is 11.9 Å². The van der Waals surface area contributed by atoms with Gasteiger partial charge in [-0.25, -0.2) is 11.1 Å². The number of nitriles is 2. The third-order valence-electron chi connectivity index (χ3n) is 4.34. The average molecular weight is 515 g/mol. The number of allylic oxidation sites excluding steroid dienone is 2. The van der Waals surface area contributed by atoms with Crippen LogP contribution in [-0.4, -0.2) is 30.4 Å². The van der Waals surface area contributed by atoms with Crippen LogP contribution in [0.5, 0.6) is 0 Å². The molecule has 0 spiro atoms. The normalized spacial score (nSPS) is 14.9. The SMILES string of the molecule is C#N.CC.CC/C(Br)=C1/C=C(C(=O)N(c2ccc(C#N)cc2)C2CC2)C=CN1N.CNC=O. The smallest absolute Gasteiger partial charge is 0.258 e. The Morgan fingerprint density at radius 1 is 1.33 bits per heavy atom. The van der Waals surface area contributed by atoms with Gasteiger partial charge in [0.15, 0.2) is 0 Å². The number of amides is 2. The van der Waals surface area contributed by atoms with Gasteiger partial charge in [0, 0.05) is 41.6 Å². The van der Waals surface area contributed by atoms with E-state index in [9.17, 15) is 4.79 Å². The molecular formula is C24H31BrN6O2. The van der Waals surface area contributed by atoms with E-state index in [1.165, 1.54) is 5.01 Å². The van der Waals surface area contributed by atoms with Crippen molar-refractivity contribution in [3.05, 3.63) is 63.9 Å². The van der Waals surface area contributed by atoms with Crippen LogP contribution in [0.4, 0.5) is 5.69 Å². The monoisotopic (exact) mass is 514 g/mol. The molecule has 0 atom stereocenters. The van der Waals surface area contributed by atoms with Crippen LogP contribution in [0.15, 0.2) is 58.4 Å². The van der Waals surface area contributed by atoms with Crippen molar-refractivity contribution in [2.24, 2.45) is 5.84 Å². The lowest BCUT2D eigenvalue weighted by Gasteiger charge is -2.26. The second kappa shape index (κ2) is 16.3. The zero-order valence-corrected chi connectivity index (χ0v) is 21.0. The molecule has 0 unspecified atom stereocenters. The van der Waals surface area contributed by atoms with Gasteiger partial charge in [-0.05, 0) is 55.7 Å². The van der Waals surface area contributed by atoms with E-state index in [0.29, 0.717) is 17.5 Å². The van der Waals surface area contributed by atoms with Gasteiger partial charge < -0.3 is 10.2 Å². The molecule has 1 saturated carbocycles. The Kier molecular flexibility index (Phi) is 14.6. The van der Waals surface area contributed by atoms with Gasteiger partial charge in [0.05, 0.1) is 17.3 Å². The number of nitrogens with zero attached hydrogens (tertiary/aromatic N) is 4. The topological polar surface area (TPSA) is 126 Å². The van der Waals surface area contributed by atoms with Crippen molar-refractivity contribution in [1.82, 2.24) is 10.3 Å². The van der Waals surface area contributed by atoms with E-state index in [1.54, 1.807) is 31.5 Å². The van der Waals surface area contributed by atoms with E-state index >= 15 is 0 Å². The molecule has 0 saturated heterocycles. The Hall–Kier alpha value is -3.40. The Morgan fingerprint density at radius 3 is 2.30 bits per heavy atom. The highest BCUT2D eigenvalue weighted by molar-refractivity contribution is 9.11. The number of carbonyl (C=O) groups is 2. The van der Waals surface area contributed by atoms with Crippen molar-refractivity contribution in [2.45, 2.75) is 46.1 Å². The number of halogens is 1. The lowest BCUT2D eigenvalue weighted by molar-refractivity contribution is -0.115. The van der Waals surface area contributed by atoms with Gasteiger partial charge >= 0.3 is 0 Å². The van der Waals surface area contributed by atoms with E-state index < -0.39 is 0 Å². The summed E-state index contributed by atoms with van der Waals surface area (Å²) in [5.41, 5.74) is 2.78. The number of nitrogens with two attached hydrogens (primary N) is 1. The fourth-order valence-corrected chi connectivity index (χ4v) is 3.02. The summed E-state index contributed by atoms with van der Waals surface area (Å²) in [6, 6.07) is 9.46. The Balaban J connectivity index is 0.00000113. The van der Waals surface area contributed by atoms with Crippen LogP contribution in [0.3, 0.4) is 0 Å². The standard InChI is InChI=1S/C19H19BrN4O.C2H5NO.C2H6.CHN/c1-2-17(20)18-11-14(9-10-23(18)22)19(25)24(16-7-8-16)15-5-3-13(12-21)4-6-15;1-3-2-4;2*1-2/h3-6,9-11,16H,2,7-8,22H2,1H3;2H,1H3,(H,3,4);1-2H3;1H/b18-17+;;;. The zero-order chi connectivity index (χ0) is 25.4. The molecule has 1 heterocycles. The largest absolute Gasteiger partial charge is 0.362 e. The maximum absolute atomic E-state index is 13.1. The van der Waals surface area contributed by atoms with Crippen molar-refractivity contribution in [2.75, 3.05) is 11.9 Å². The summed E-state index contributed by atoms with van der Waals surface area (Å²) >= 11 is 3.52. The second-order valence-corrected chi connectivity index (χ2v) is 7.40. The third-order valence-corrected chi connectivity index (χ3v) is 5.31. The van der Waals surface area contributed by atoms with Crippen molar-refractivity contribution in [3.63, 3.8) is 0 Å². The maximum atomic E-state index is 13.1. The van der Waals surface area contributed by atoms with E-state index in [4.69, 9.17) is 21.2 Å². The fourth-order valence-electron chi connectivity index (χ4n) is 2.71. The average Bonchev–Trinajstić information content (AvgIpc) is 3.72. The molecule has 2 aliphatic rings. The minimum Gasteiger partial charge on any atom is -0.362 e. The predicted octanol–water partition coefficient (Wildman–Crippen LogP) is 4.23. The summed E-state index contributed by atoms with van der Waals surface area (Å²) in [7, 11) is 1.56. The molecule has 0 radical (unpaired) electrons. The van der Waals surface area contributed by atoms with Crippen molar-refractivity contribution < 1.29 is 9.59 Å². The molecule has 1 aromatic rings. The van der Waals surface area contributed by atoms with Crippen LogP contribution in [0.2, 0.25) is 0 Å². The Morgan fingerprint density at radius 2 is 1.88 bits per heavy atom. The molecule has 0 bridgehead atoms. The van der Waals surface area contributed by atoms with Crippen LogP contribution in [0.25, 0.3) is 0 Å². The van der Waals surface area contributed by atoms with Crippen molar-refractivity contribution in [1.29, 1.82) is 10.5 Å². The van der Waals surface area contributed by atoms with Gasteiger partial charge in [-0.15, -0.1) is 0 Å². The number of nitrogens with one attached hydrogen (secondary N) is 1. The fraction of sp³-hybridized carbons (Fsp3) is 0.333. The van der Waals surface area contributed by atoms with E-state index in [2.05, 4.69) is 33.9 Å². The van der Waals surface area contributed by atoms with Crippen LogP contribution >= 0.6 is 15.9 Å². The number of rotatable bonds is 5. The summed E-state index contributed by atoms with van der Waals surface area (Å²) in [6.07, 6.45) is 8.65. The number of anilines is 1. The second-order valence-electron chi connectivity index (χ2n) is 6.44. The van der Waals surface area contributed by atoms with Crippen LogP contribution < -0.4 is 16.1 Å². The lowest BCUT2D eigenvalue weighted by atomic mass is 10.1. The van der Waals surface area contributed by atoms with E-state index in [0.717, 1.165) is 35.1 Å². The highest BCUT2D eigenvalue weighted by Gasteiger charge is 2.35. The number of benzene rings is 1. The maximum Gasteiger partial charge on any atom is 0.258 e. The van der Waals surface area contributed by atoms with Crippen LogP contribution in [0, 0.1) is 23.2 Å². The minimum absolute atomic E-state index is 0.0505. The number of carbonyl (C=O) groups excluding carboxylic acids is 2. The third kappa shape index (κ3) is 8.93. The Bertz CT molecular complexity index is 925. The molecule has 33 heavy (non-hydrogen) atoms. The van der Waals surface area contributed by atoms with Gasteiger partial charge in [0.25, 0.3) is 5.91 Å². The summed E-state index contributed by atoms with van der Waals surface area (Å²) in [6.45, 7) is 9.52. The lowest BCUT2D eigenvalue weighted by Crippen LogP contribution is -2.35. The predicted molar refractivity (Wildman–Crippen MR) is 134 cm³/mol. The molecule has 3 rings (SSSR count). The van der Waals surface area contributed by atoms with Gasteiger partial charge in [0.2, 0.25) is 6.41 Å². The van der Waals surface area contributed by atoms with Crippen molar-refractivity contribution in [3.8, 4) is 12.6 Å². The number of hydrogen-bond donors (Lipinski definition) is 2. The molecule has 2 amide bonds. The molecule has 9 heteroatoms. The molecular weight excluding hydrogens is 484 g/mol. The molecule has 1 aromatic carbocycles. The van der Waals surface area contributed by atoms with Crippen LogP contribution in [0.1, 0.15) is 45.6 Å². The minimum atomic E-state index is -0.0505. The first-order valence-corrected chi connectivity index (χ1v) is 11.3. The van der Waals surface area contributed by atoms with Gasteiger partial charge in [-0.2, -0.15) is 5.26 Å². The molecule has 176 valence electrons. The zero-order valence-electron chi connectivity index (χ0n) is 19.5. The number of hydrogen-bond acceptors (Lipinski definition) is 6. The highest BCUT2D eigenvalue weighted by atomic mass is 79.9. The highest BCUT2D eigenvalue weighted by Crippen LogP contribution is 2.34. The first-order chi connectivity index (χ1) is 16.0. The molecule has 8 nitrogen and oxygen atoms in total. The summed E-state index contributed by atoms with van der Waals surface area (Å²) in [5, 5.41) is 19.2. The summed E-state index contributed by atoms with van der Waals surface area (Å²) in [4.78, 5) is 24.0. The molecule has 3 N–H and O–H groups in total. The van der Waals surface area contributed by atoms with E-state index in [1.807, 2.05) is 43.9 Å². The molecule has 1 aliphatic carbocycles. The summed E-state index contributed by atoms with van der Waals surface area (Å²) < 4.78 is 0.945. The Labute approximate surface area is 204 Å². The first-order valence-electron chi connectivity index (χ1n) is 10.5.